The lowest BCUT2D eigenvalue weighted by atomic mass is 10.2. The Morgan fingerprint density at radius 3 is 2.79 bits per heavy atom. The van der Waals surface area contributed by atoms with Gasteiger partial charge in [-0.05, 0) is 6.42 Å². The van der Waals surface area contributed by atoms with E-state index < -0.39 is 0 Å². The Kier molecular flexibility index (Phi) is 5.04. The van der Waals surface area contributed by atoms with E-state index in [0.29, 0.717) is 5.25 Å². The van der Waals surface area contributed by atoms with Gasteiger partial charge >= 0.3 is 5.97 Å². The molecule has 0 amide bonds. The summed E-state index contributed by atoms with van der Waals surface area (Å²) in [6.45, 7) is 3.65. The Morgan fingerprint density at radius 2 is 2.36 bits per heavy atom. The second-order valence-electron chi connectivity index (χ2n) is 3.07. The van der Waals surface area contributed by atoms with Gasteiger partial charge in [0.2, 0.25) is 0 Å². The van der Waals surface area contributed by atoms with Crippen LogP contribution >= 0.6 is 11.8 Å². The molecule has 0 aromatic carbocycles. The Hall–Kier alpha value is -0.480. The molecule has 1 heterocycles. The maximum Gasteiger partial charge on any atom is 0.333 e. The summed E-state index contributed by atoms with van der Waals surface area (Å²) in [5, 5.41) is 0.613. The van der Waals surface area contributed by atoms with Crippen LogP contribution in [-0.4, -0.2) is 37.3 Å². The fourth-order valence-electron chi connectivity index (χ4n) is 1.10. The van der Waals surface area contributed by atoms with E-state index in [9.17, 15) is 4.79 Å². The van der Waals surface area contributed by atoms with Gasteiger partial charge in [0, 0.05) is 11.3 Å². The van der Waals surface area contributed by atoms with Gasteiger partial charge < -0.3 is 9.47 Å². The molecule has 4 heteroatoms. The molecular formula is C10H16O3S. The van der Waals surface area contributed by atoms with E-state index in [1.165, 1.54) is 7.11 Å². The van der Waals surface area contributed by atoms with E-state index in [4.69, 9.17) is 4.74 Å². The SMILES string of the molecule is CCC(=CCSC1COC1)C(=O)OC. The van der Waals surface area contributed by atoms with Crippen molar-refractivity contribution < 1.29 is 14.3 Å². The fraction of sp³-hybridized carbons (Fsp3) is 0.700. The van der Waals surface area contributed by atoms with Crippen LogP contribution in [0, 0.1) is 0 Å². The predicted molar refractivity (Wildman–Crippen MR) is 57.5 cm³/mol. The van der Waals surface area contributed by atoms with E-state index >= 15 is 0 Å². The quantitative estimate of drug-likeness (QED) is 0.517. The first-order valence-electron chi connectivity index (χ1n) is 4.74. The zero-order valence-corrected chi connectivity index (χ0v) is 9.43. The highest BCUT2D eigenvalue weighted by atomic mass is 32.2. The molecule has 3 nitrogen and oxygen atoms in total. The number of hydrogen-bond acceptors (Lipinski definition) is 4. The molecule has 0 atom stereocenters. The summed E-state index contributed by atoms with van der Waals surface area (Å²) < 4.78 is 9.71. The molecule has 14 heavy (non-hydrogen) atoms. The third kappa shape index (κ3) is 3.35. The highest BCUT2D eigenvalue weighted by Gasteiger charge is 2.17. The zero-order valence-electron chi connectivity index (χ0n) is 8.62. The molecule has 0 bridgehead atoms. The summed E-state index contributed by atoms with van der Waals surface area (Å²) in [5.41, 5.74) is 0.764. The van der Waals surface area contributed by atoms with E-state index in [0.717, 1.165) is 31.0 Å². The summed E-state index contributed by atoms with van der Waals surface area (Å²) >= 11 is 1.83. The number of carbonyl (C=O) groups is 1. The van der Waals surface area contributed by atoms with Gasteiger partial charge in [-0.25, -0.2) is 4.79 Å². The monoisotopic (exact) mass is 216 g/mol. The lowest BCUT2D eigenvalue weighted by molar-refractivity contribution is -0.136. The molecule has 0 unspecified atom stereocenters. The molecular weight excluding hydrogens is 200 g/mol. The normalized spacial score (nSPS) is 17.7. The second kappa shape index (κ2) is 6.09. The van der Waals surface area contributed by atoms with Crippen molar-refractivity contribution in [2.24, 2.45) is 0 Å². The van der Waals surface area contributed by atoms with Crippen molar-refractivity contribution in [1.29, 1.82) is 0 Å². The van der Waals surface area contributed by atoms with Crippen molar-refractivity contribution in [2.45, 2.75) is 18.6 Å². The molecule has 0 saturated carbocycles. The maximum absolute atomic E-state index is 11.2. The van der Waals surface area contributed by atoms with Crippen LogP contribution in [-0.2, 0) is 14.3 Å². The predicted octanol–water partition coefficient (Wildman–Crippen LogP) is 1.63. The van der Waals surface area contributed by atoms with Gasteiger partial charge in [0.05, 0.1) is 25.6 Å². The van der Waals surface area contributed by atoms with Gasteiger partial charge in [-0.15, -0.1) is 11.8 Å². The van der Waals surface area contributed by atoms with E-state index in [1.54, 1.807) is 0 Å². The molecule has 0 radical (unpaired) electrons. The minimum Gasteiger partial charge on any atom is -0.466 e. The van der Waals surface area contributed by atoms with Crippen LogP contribution in [0.2, 0.25) is 0 Å². The molecule has 0 spiro atoms. The standard InChI is InChI=1S/C10H16O3S/c1-3-8(10(11)12-2)4-5-14-9-6-13-7-9/h4,9H,3,5-7H2,1-2H3. The number of rotatable bonds is 5. The molecule has 0 aromatic heterocycles. The van der Waals surface area contributed by atoms with Gasteiger partial charge in [-0.3, -0.25) is 0 Å². The first-order valence-corrected chi connectivity index (χ1v) is 5.79. The van der Waals surface area contributed by atoms with Crippen molar-refractivity contribution in [3.63, 3.8) is 0 Å². The number of methoxy groups -OCH3 is 1. The Balaban J connectivity index is 2.27. The summed E-state index contributed by atoms with van der Waals surface area (Å²) in [6.07, 6.45) is 2.68. The minimum atomic E-state index is -0.210. The molecule has 1 rings (SSSR count). The number of hydrogen-bond donors (Lipinski definition) is 0. The highest BCUT2D eigenvalue weighted by Crippen LogP contribution is 2.19. The van der Waals surface area contributed by atoms with Crippen LogP contribution in [0.4, 0.5) is 0 Å². The summed E-state index contributed by atoms with van der Waals surface area (Å²) in [5.74, 6) is 0.657. The topological polar surface area (TPSA) is 35.5 Å². The van der Waals surface area contributed by atoms with Gasteiger partial charge in [0.25, 0.3) is 0 Å². The summed E-state index contributed by atoms with van der Waals surface area (Å²) in [7, 11) is 1.42. The van der Waals surface area contributed by atoms with Crippen molar-refractivity contribution in [3.8, 4) is 0 Å². The highest BCUT2D eigenvalue weighted by molar-refractivity contribution is 8.00. The lowest BCUT2D eigenvalue weighted by Gasteiger charge is -2.24. The second-order valence-corrected chi connectivity index (χ2v) is 4.40. The smallest absolute Gasteiger partial charge is 0.333 e. The Morgan fingerprint density at radius 1 is 1.64 bits per heavy atom. The molecule has 1 aliphatic heterocycles. The number of carbonyl (C=O) groups excluding carboxylic acids is 1. The van der Waals surface area contributed by atoms with Gasteiger partial charge in [0.15, 0.2) is 0 Å². The first-order chi connectivity index (χ1) is 6.77. The van der Waals surface area contributed by atoms with Crippen LogP contribution in [0.25, 0.3) is 0 Å². The molecule has 0 N–H and O–H groups in total. The van der Waals surface area contributed by atoms with E-state index in [1.807, 2.05) is 24.8 Å². The van der Waals surface area contributed by atoms with Crippen molar-refractivity contribution in [2.75, 3.05) is 26.1 Å². The third-order valence-electron chi connectivity index (χ3n) is 2.10. The number of ether oxygens (including phenoxy) is 2. The van der Waals surface area contributed by atoms with Crippen LogP contribution in [0.3, 0.4) is 0 Å². The summed E-state index contributed by atoms with van der Waals surface area (Å²) in [6, 6.07) is 0. The van der Waals surface area contributed by atoms with E-state index in [-0.39, 0.29) is 5.97 Å². The Labute approximate surface area is 88.8 Å². The average Bonchev–Trinajstić information content (AvgIpc) is 2.14. The Bertz CT molecular complexity index is 221. The van der Waals surface area contributed by atoms with Crippen molar-refractivity contribution in [1.82, 2.24) is 0 Å². The van der Waals surface area contributed by atoms with Gasteiger partial charge in [-0.2, -0.15) is 0 Å². The average molecular weight is 216 g/mol. The first kappa shape index (κ1) is 11.6. The molecule has 1 aliphatic rings. The molecule has 0 aromatic rings. The zero-order chi connectivity index (χ0) is 10.4. The van der Waals surface area contributed by atoms with Crippen molar-refractivity contribution >= 4 is 17.7 Å². The molecule has 1 fully saturated rings. The van der Waals surface area contributed by atoms with Crippen LogP contribution in [0.5, 0.6) is 0 Å². The largest absolute Gasteiger partial charge is 0.466 e. The summed E-state index contributed by atoms with van der Waals surface area (Å²) in [4.78, 5) is 11.2. The molecule has 80 valence electrons. The number of esters is 1. The third-order valence-corrected chi connectivity index (χ3v) is 3.20. The van der Waals surface area contributed by atoms with Crippen LogP contribution in [0.1, 0.15) is 13.3 Å². The minimum absolute atomic E-state index is 0.210. The molecule has 1 saturated heterocycles. The number of thioether (sulfide) groups is 1. The molecule has 0 aliphatic carbocycles. The van der Waals surface area contributed by atoms with Gasteiger partial charge in [-0.1, -0.05) is 13.0 Å². The fourth-order valence-corrected chi connectivity index (χ4v) is 2.05. The van der Waals surface area contributed by atoms with E-state index in [2.05, 4.69) is 4.74 Å². The van der Waals surface area contributed by atoms with Crippen LogP contribution < -0.4 is 0 Å². The van der Waals surface area contributed by atoms with Crippen molar-refractivity contribution in [3.05, 3.63) is 11.6 Å². The van der Waals surface area contributed by atoms with Crippen LogP contribution in [0.15, 0.2) is 11.6 Å². The van der Waals surface area contributed by atoms with Gasteiger partial charge in [0.1, 0.15) is 0 Å². The maximum atomic E-state index is 11.2. The lowest BCUT2D eigenvalue weighted by Crippen LogP contribution is -2.30.